The number of rotatable bonds is 39. The van der Waals surface area contributed by atoms with E-state index in [4.69, 9.17) is 15.2 Å². The van der Waals surface area contributed by atoms with Crippen molar-refractivity contribution in [3.8, 4) is 0 Å². The van der Waals surface area contributed by atoms with Crippen LogP contribution in [0.5, 0.6) is 0 Å². The van der Waals surface area contributed by atoms with Gasteiger partial charge in [-0.05, 0) is 12.8 Å². The molecule has 11 heteroatoms. The molecule has 0 radical (unpaired) electrons. The largest absolute Gasteiger partial charge is 0.480 e. The second-order valence-corrected chi connectivity index (χ2v) is 15.9. The number of carbonyl (C=O) groups excluding carboxylic acids is 3. The summed E-state index contributed by atoms with van der Waals surface area (Å²) in [6.07, 6.45) is 31.7. The number of amides is 1. The van der Waals surface area contributed by atoms with Crippen LogP contribution in [-0.2, 0) is 28.7 Å². The molecule has 0 fully saturated rings. The highest BCUT2D eigenvalue weighted by Gasteiger charge is 2.24. The number of thiol groups is 1. The van der Waals surface area contributed by atoms with Gasteiger partial charge in [0.2, 0.25) is 5.91 Å². The minimum atomic E-state index is -1.19. The number of nitrogens with two attached hydrogens (primary N) is 1. The number of carboxylic acids is 1. The molecule has 0 saturated carbocycles. The van der Waals surface area contributed by atoms with E-state index in [0.29, 0.717) is 12.8 Å². The Hall–Kier alpha value is -1.46. The van der Waals surface area contributed by atoms with Crippen molar-refractivity contribution in [1.29, 1.82) is 0 Å². The summed E-state index contributed by atoms with van der Waals surface area (Å²) in [4.78, 5) is 49.1. The van der Waals surface area contributed by atoms with Gasteiger partial charge < -0.3 is 25.6 Å². The van der Waals surface area contributed by atoms with Crippen molar-refractivity contribution < 1.29 is 33.8 Å². The third kappa shape index (κ3) is 33.1. The first-order valence-corrected chi connectivity index (χ1v) is 22.9. The van der Waals surface area contributed by atoms with Crippen LogP contribution in [0.4, 0.5) is 0 Å². The zero-order valence-electron chi connectivity index (χ0n) is 33.2. The number of nitrogens with one attached hydrogen (secondary N) is 1. The van der Waals surface area contributed by atoms with Gasteiger partial charge in [0.05, 0.1) is 6.04 Å². The number of ether oxygens (including phenoxy) is 2. The van der Waals surface area contributed by atoms with Crippen molar-refractivity contribution in [1.82, 2.24) is 5.32 Å². The second kappa shape index (κ2) is 37.8. The molecule has 1 amide bonds. The highest BCUT2D eigenvalue weighted by Crippen LogP contribution is 2.16. The molecular formula is C41H78N2O7S2. The van der Waals surface area contributed by atoms with Crippen molar-refractivity contribution in [2.24, 2.45) is 5.73 Å². The average molecular weight is 775 g/mol. The minimum absolute atomic E-state index is 0.0418. The smallest absolute Gasteiger partial charge is 0.327 e. The van der Waals surface area contributed by atoms with Crippen molar-refractivity contribution >= 4 is 48.2 Å². The maximum absolute atomic E-state index is 12.7. The van der Waals surface area contributed by atoms with E-state index in [1.165, 1.54) is 140 Å². The number of esters is 2. The van der Waals surface area contributed by atoms with Crippen LogP contribution < -0.4 is 11.1 Å². The summed E-state index contributed by atoms with van der Waals surface area (Å²) in [6, 6.07) is -2.08. The molecular weight excluding hydrogens is 697 g/mol. The summed E-state index contributed by atoms with van der Waals surface area (Å²) >= 11 is 5.21. The number of hydrogen-bond donors (Lipinski definition) is 4. The summed E-state index contributed by atoms with van der Waals surface area (Å²) in [5.74, 6) is -2.08. The zero-order chi connectivity index (χ0) is 38.5. The minimum Gasteiger partial charge on any atom is -0.480 e. The Kier molecular flexibility index (Phi) is 36.8. The van der Waals surface area contributed by atoms with E-state index < -0.39 is 30.1 Å². The summed E-state index contributed by atoms with van der Waals surface area (Å²) < 4.78 is 11.2. The predicted octanol–water partition coefficient (Wildman–Crippen LogP) is 9.96. The molecule has 0 aliphatic heterocycles. The molecule has 3 atom stereocenters. The third-order valence-electron chi connectivity index (χ3n) is 9.43. The van der Waals surface area contributed by atoms with Crippen LogP contribution in [0.3, 0.4) is 0 Å². The molecule has 0 bridgehead atoms. The number of aliphatic carboxylic acids is 1. The van der Waals surface area contributed by atoms with Gasteiger partial charge in [0, 0.05) is 30.1 Å². The maximum atomic E-state index is 12.7. The van der Waals surface area contributed by atoms with Gasteiger partial charge in [0.15, 0.2) is 0 Å². The molecule has 1 unspecified atom stereocenters. The highest BCUT2D eigenvalue weighted by atomic mass is 32.2. The van der Waals surface area contributed by atoms with Crippen molar-refractivity contribution in [3.05, 3.63) is 0 Å². The highest BCUT2D eigenvalue weighted by molar-refractivity contribution is 7.99. The van der Waals surface area contributed by atoms with Crippen LogP contribution in [0.15, 0.2) is 0 Å². The lowest BCUT2D eigenvalue weighted by atomic mass is 10.0. The molecule has 0 aliphatic carbocycles. The lowest BCUT2D eigenvalue weighted by molar-refractivity contribution is -0.157. The first kappa shape index (κ1) is 50.5. The second-order valence-electron chi connectivity index (χ2n) is 14.5. The van der Waals surface area contributed by atoms with Gasteiger partial charge in [-0.25, -0.2) is 4.79 Å². The Morgan fingerprint density at radius 3 is 1.38 bits per heavy atom. The number of hydrogen-bond acceptors (Lipinski definition) is 9. The topological polar surface area (TPSA) is 145 Å². The van der Waals surface area contributed by atoms with Gasteiger partial charge in [-0.15, -0.1) is 0 Å². The van der Waals surface area contributed by atoms with Gasteiger partial charge in [-0.1, -0.05) is 168 Å². The SMILES string of the molecule is CCCCCCCCCCCCCCCC(=O)OCC(CSC[C@H](NC(=O)[C@@H](N)CS)C(=O)O)OC(=O)CCCCCCCCCCCCCCC. The fourth-order valence-electron chi connectivity index (χ4n) is 6.05. The molecule has 0 heterocycles. The van der Waals surface area contributed by atoms with E-state index in [0.717, 1.165) is 38.5 Å². The number of unbranched alkanes of at least 4 members (excludes halogenated alkanes) is 24. The van der Waals surface area contributed by atoms with Gasteiger partial charge in [0.1, 0.15) is 18.8 Å². The third-order valence-corrected chi connectivity index (χ3v) is 11.0. The molecule has 0 aromatic rings. The molecule has 306 valence electrons. The molecule has 0 aromatic heterocycles. The lowest BCUT2D eigenvalue weighted by Crippen LogP contribution is -2.50. The van der Waals surface area contributed by atoms with Crippen LogP contribution in [-0.4, -0.2) is 71.0 Å². The first-order valence-electron chi connectivity index (χ1n) is 21.1. The monoisotopic (exact) mass is 775 g/mol. The average Bonchev–Trinajstić information content (AvgIpc) is 3.13. The standard InChI is InChI=1S/C41H78N2O7S2/c1-3-5-7-9-11-13-15-17-19-21-23-25-27-29-38(44)49-31-35(33-52-34-37(41(47)48)43-40(46)36(42)32-51)50-39(45)30-28-26-24-22-20-18-16-14-12-10-8-6-4-2/h35-37,51H,3-34,42H2,1-2H3,(H,43,46)(H,47,48)/t35?,36-,37-/m0/s1. The molecule has 52 heavy (non-hydrogen) atoms. The van der Waals surface area contributed by atoms with Crippen LogP contribution in [0, 0.1) is 0 Å². The fourth-order valence-corrected chi connectivity index (χ4v) is 7.24. The Labute approximate surface area is 327 Å². The van der Waals surface area contributed by atoms with E-state index >= 15 is 0 Å². The van der Waals surface area contributed by atoms with Crippen molar-refractivity contribution in [2.45, 2.75) is 212 Å². The van der Waals surface area contributed by atoms with Gasteiger partial charge >= 0.3 is 17.9 Å². The Morgan fingerprint density at radius 2 is 1.00 bits per heavy atom. The van der Waals surface area contributed by atoms with Gasteiger partial charge in [-0.2, -0.15) is 24.4 Å². The Balaban J connectivity index is 4.49. The van der Waals surface area contributed by atoms with Crippen LogP contribution in [0.2, 0.25) is 0 Å². The van der Waals surface area contributed by atoms with Gasteiger partial charge in [-0.3, -0.25) is 14.4 Å². The molecule has 0 spiro atoms. The number of thioether (sulfide) groups is 1. The van der Waals surface area contributed by atoms with Crippen molar-refractivity contribution in [3.63, 3.8) is 0 Å². The molecule has 9 nitrogen and oxygen atoms in total. The van der Waals surface area contributed by atoms with E-state index in [2.05, 4.69) is 31.8 Å². The van der Waals surface area contributed by atoms with E-state index in [1.807, 2.05) is 0 Å². The zero-order valence-corrected chi connectivity index (χ0v) is 34.9. The summed E-state index contributed by atoms with van der Waals surface area (Å²) in [5, 5.41) is 12.0. The van der Waals surface area contributed by atoms with E-state index in [-0.39, 0.29) is 35.8 Å². The lowest BCUT2D eigenvalue weighted by Gasteiger charge is -2.20. The summed E-state index contributed by atoms with van der Waals surface area (Å²) in [5.41, 5.74) is 5.68. The van der Waals surface area contributed by atoms with Gasteiger partial charge in [0.25, 0.3) is 0 Å². The van der Waals surface area contributed by atoms with Crippen LogP contribution in [0.1, 0.15) is 194 Å². The summed E-state index contributed by atoms with van der Waals surface area (Å²) in [7, 11) is 0. The quantitative estimate of drug-likeness (QED) is 0.0272. The van der Waals surface area contributed by atoms with E-state index in [1.54, 1.807) is 0 Å². The molecule has 4 N–H and O–H groups in total. The van der Waals surface area contributed by atoms with Crippen molar-refractivity contribution in [2.75, 3.05) is 23.9 Å². The maximum Gasteiger partial charge on any atom is 0.327 e. The fraction of sp³-hybridized carbons (Fsp3) is 0.902. The predicted molar refractivity (Wildman–Crippen MR) is 220 cm³/mol. The molecule has 0 aromatic carbocycles. The molecule has 0 saturated heterocycles. The Bertz CT molecular complexity index is 880. The summed E-state index contributed by atoms with van der Waals surface area (Å²) in [6.45, 7) is 4.41. The van der Waals surface area contributed by atoms with E-state index in [9.17, 15) is 24.3 Å². The normalized spacial score (nSPS) is 13.0. The molecule has 0 rings (SSSR count). The van der Waals surface area contributed by atoms with Crippen LogP contribution >= 0.6 is 24.4 Å². The number of carbonyl (C=O) groups is 4. The van der Waals surface area contributed by atoms with Crippen LogP contribution in [0.25, 0.3) is 0 Å². The first-order chi connectivity index (χ1) is 25.2. The number of carboxylic acid groups (broad SMARTS) is 1. The molecule has 0 aliphatic rings. The Morgan fingerprint density at radius 1 is 0.615 bits per heavy atom.